The molecule has 0 aliphatic heterocycles. The third-order valence-corrected chi connectivity index (χ3v) is 5.06. The average Bonchev–Trinajstić information content (AvgIpc) is 2.55. The first-order valence-electron chi connectivity index (χ1n) is 7.39. The third-order valence-electron chi connectivity index (χ3n) is 3.67. The van der Waals surface area contributed by atoms with Crippen molar-refractivity contribution in [2.75, 3.05) is 12.4 Å². The van der Waals surface area contributed by atoms with E-state index in [2.05, 4.69) is 43.8 Å². The molecule has 0 aliphatic rings. The Labute approximate surface area is 169 Å². The molecule has 0 saturated heterocycles. The van der Waals surface area contributed by atoms with Crippen molar-refractivity contribution in [2.45, 2.75) is 13.8 Å². The fraction of sp³-hybridized carbons (Fsp3) is 0.158. The van der Waals surface area contributed by atoms with E-state index in [1.54, 1.807) is 13.2 Å². The van der Waals surface area contributed by atoms with Crippen LogP contribution in [0, 0.1) is 28.7 Å². The Hall–Kier alpha value is -1.85. The minimum atomic E-state index is -0.437. The number of rotatable bonds is 4. The van der Waals surface area contributed by atoms with Crippen molar-refractivity contribution in [3.05, 3.63) is 60.6 Å². The quantitative estimate of drug-likeness (QED) is 0.348. The number of hydrogen-bond donors (Lipinski definition) is 1. The summed E-state index contributed by atoms with van der Waals surface area (Å²) in [6.07, 6.45) is 1.56. The molecule has 0 aromatic heterocycles. The van der Waals surface area contributed by atoms with Gasteiger partial charge in [0.15, 0.2) is 0 Å². The highest BCUT2D eigenvalue weighted by Gasteiger charge is 2.12. The van der Waals surface area contributed by atoms with Gasteiger partial charge < -0.3 is 10.1 Å². The number of carbonyl (C=O) groups excluding carboxylic acids is 1. The molecule has 128 valence electrons. The smallest absolute Gasteiger partial charge is 0.266 e. The predicted molar refractivity (Wildman–Crippen MR) is 112 cm³/mol. The van der Waals surface area contributed by atoms with Crippen LogP contribution in [0.3, 0.4) is 0 Å². The van der Waals surface area contributed by atoms with Gasteiger partial charge in [-0.3, -0.25) is 4.79 Å². The standard InChI is InChI=1S/C19H16BrIN2O2/c1-11-4-5-15(6-12(11)2)23-19(24)14(10-22)7-13-8-16(20)18(25-3)17(21)9-13/h4-9H,1-3H3,(H,23,24)/b14-7+. The lowest BCUT2D eigenvalue weighted by Crippen LogP contribution is -2.13. The summed E-state index contributed by atoms with van der Waals surface area (Å²) in [7, 11) is 1.59. The van der Waals surface area contributed by atoms with E-state index < -0.39 is 5.91 Å². The number of aryl methyl sites for hydroxylation is 2. The molecule has 1 amide bonds. The molecular formula is C19H16BrIN2O2. The molecule has 4 nitrogen and oxygen atoms in total. The predicted octanol–water partition coefficient (Wildman–Crippen LogP) is 5.22. The van der Waals surface area contributed by atoms with Gasteiger partial charge in [-0.25, -0.2) is 0 Å². The summed E-state index contributed by atoms with van der Waals surface area (Å²) in [4.78, 5) is 12.4. The first-order chi connectivity index (χ1) is 11.8. The summed E-state index contributed by atoms with van der Waals surface area (Å²) in [5.41, 5.74) is 3.66. The van der Waals surface area contributed by atoms with Crippen LogP contribution in [0.4, 0.5) is 5.69 Å². The Morgan fingerprint density at radius 2 is 2.00 bits per heavy atom. The molecule has 6 heteroatoms. The fourth-order valence-electron chi connectivity index (χ4n) is 2.19. The number of benzene rings is 2. The molecule has 0 spiro atoms. The molecule has 0 bridgehead atoms. The molecule has 2 rings (SSSR count). The number of carbonyl (C=O) groups is 1. The van der Waals surface area contributed by atoms with Gasteiger partial charge in [-0.05, 0) is 99.4 Å². The Morgan fingerprint density at radius 1 is 1.28 bits per heavy atom. The van der Waals surface area contributed by atoms with E-state index in [0.29, 0.717) is 5.69 Å². The Bertz CT molecular complexity index is 878. The number of halogens is 2. The number of methoxy groups -OCH3 is 1. The summed E-state index contributed by atoms with van der Waals surface area (Å²) in [5.74, 6) is 0.281. The molecule has 2 aromatic rings. The molecule has 2 aromatic carbocycles. The maximum Gasteiger partial charge on any atom is 0.266 e. The van der Waals surface area contributed by atoms with E-state index in [0.717, 1.165) is 30.5 Å². The first-order valence-corrected chi connectivity index (χ1v) is 9.26. The van der Waals surface area contributed by atoms with Crippen molar-refractivity contribution in [2.24, 2.45) is 0 Å². The van der Waals surface area contributed by atoms with Crippen LogP contribution in [0.2, 0.25) is 0 Å². The van der Waals surface area contributed by atoms with E-state index >= 15 is 0 Å². The van der Waals surface area contributed by atoms with Crippen molar-refractivity contribution in [1.82, 2.24) is 0 Å². The first kappa shape index (κ1) is 19.5. The van der Waals surface area contributed by atoms with Crippen LogP contribution in [0.15, 0.2) is 40.4 Å². The molecular weight excluding hydrogens is 495 g/mol. The number of ether oxygens (including phenoxy) is 1. The maximum absolute atomic E-state index is 12.4. The monoisotopic (exact) mass is 510 g/mol. The van der Waals surface area contributed by atoms with Crippen molar-refractivity contribution >= 4 is 56.2 Å². The van der Waals surface area contributed by atoms with Gasteiger partial charge in [0.1, 0.15) is 17.4 Å². The van der Waals surface area contributed by atoms with Crippen LogP contribution in [-0.4, -0.2) is 13.0 Å². The number of nitriles is 1. The Kier molecular flexibility index (Phi) is 6.62. The molecule has 0 aliphatic carbocycles. The second kappa shape index (κ2) is 8.50. The van der Waals surface area contributed by atoms with Gasteiger partial charge >= 0.3 is 0 Å². The van der Waals surface area contributed by atoms with Gasteiger partial charge in [-0.2, -0.15) is 5.26 Å². The second-order valence-electron chi connectivity index (χ2n) is 5.44. The van der Waals surface area contributed by atoms with Crippen LogP contribution in [0.5, 0.6) is 5.75 Å². The van der Waals surface area contributed by atoms with Crippen molar-refractivity contribution in [3.8, 4) is 11.8 Å². The molecule has 0 heterocycles. The summed E-state index contributed by atoms with van der Waals surface area (Å²) < 4.78 is 6.94. The zero-order chi connectivity index (χ0) is 18.6. The molecule has 0 radical (unpaired) electrons. The topological polar surface area (TPSA) is 62.1 Å². The minimum Gasteiger partial charge on any atom is -0.494 e. The molecule has 0 saturated carbocycles. The van der Waals surface area contributed by atoms with Gasteiger partial charge in [0.25, 0.3) is 5.91 Å². The number of anilines is 1. The highest BCUT2D eigenvalue weighted by molar-refractivity contribution is 14.1. The normalized spacial score (nSPS) is 11.0. The van der Waals surface area contributed by atoms with Crippen LogP contribution in [0.25, 0.3) is 6.08 Å². The number of nitrogens with one attached hydrogen (secondary N) is 1. The molecule has 0 fully saturated rings. The number of hydrogen-bond acceptors (Lipinski definition) is 3. The van der Waals surface area contributed by atoms with E-state index in [9.17, 15) is 10.1 Å². The molecule has 25 heavy (non-hydrogen) atoms. The second-order valence-corrected chi connectivity index (χ2v) is 7.46. The van der Waals surface area contributed by atoms with E-state index in [4.69, 9.17) is 4.74 Å². The van der Waals surface area contributed by atoms with E-state index in [1.165, 1.54) is 0 Å². The lowest BCUT2D eigenvalue weighted by molar-refractivity contribution is -0.112. The van der Waals surface area contributed by atoms with Gasteiger partial charge in [0, 0.05) is 5.69 Å². The fourth-order valence-corrected chi connectivity index (χ4v) is 4.07. The summed E-state index contributed by atoms with van der Waals surface area (Å²) in [6.45, 7) is 3.98. The highest BCUT2D eigenvalue weighted by Crippen LogP contribution is 2.32. The summed E-state index contributed by atoms with van der Waals surface area (Å²) in [5, 5.41) is 12.1. The van der Waals surface area contributed by atoms with E-state index in [-0.39, 0.29) is 5.57 Å². The van der Waals surface area contributed by atoms with Crippen molar-refractivity contribution in [1.29, 1.82) is 5.26 Å². The van der Waals surface area contributed by atoms with Crippen LogP contribution in [-0.2, 0) is 4.79 Å². The Morgan fingerprint density at radius 3 is 2.56 bits per heavy atom. The number of amides is 1. The van der Waals surface area contributed by atoms with Crippen LogP contribution < -0.4 is 10.1 Å². The molecule has 0 unspecified atom stereocenters. The number of nitrogens with zero attached hydrogens (tertiary/aromatic N) is 1. The van der Waals surface area contributed by atoms with Gasteiger partial charge in [-0.1, -0.05) is 6.07 Å². The zero-order valence-corrected chi connectivity index (χ0v) is 17.7. The van der Waals surface area contributed by atoms with E-state index in [1.807, 2.05) is 50.2 Å². The van der Waals surface area contributed by atoms with Crippen molar-refractivity contribution < 1.29 is 9.53 Å². The molecule has 0 atom stereocenters. The lowest BCUT2D eigenvalue weighted by atomic mass is 10.1. The highest BCUT2D eigenvalue weighted by atomic mass is 127. The largest absolute Gasteiger partial charge is 0.494 e. The lowest BCUT2D eigenvalue weighted by Gasteiger charge is -2.09. The zero-order valence-electron chi connectivity index (χ0n) is 14.0. The van der Waals surface area contributed by atoms with Crippen molar-refractivity contribution in [3.63, 3.8) is 0 Å². The van der Waals surface area contributed by atoms with Crippen LogP contribution in [0.1, 0.15) is 16.7 Å². The van der Waals surface area contributed by atoms with Gasteiger partial charge in [0.05, 0.1) is 15.2 Å². The average molecular weight is 511 g/mol. The van der Waals surface area contributed by atoms with Gasteiger partial charge in [0.2, 0.25) is 0 Å². The van der Waals surface area contributed by atoms with Gasteiger partial charge in [-0.15, -0.1) is 0 Å². The maximum atomic E-state index is 12.4. The molecule has 1 N–H and O–H groups in total. The summed E-state index contributed by atoms with van der Waals surface area (Å²) >= 11 is 5.58. The SMILES string of the molecule is COc1c(Br)cc(/C=C(\C#N)C(=O)Nc2ccc(C)c(C)c2)cc1I. The Balaban J connectivity index is 2.29. The summed E-state index contributed by atoms with van der Waals surface area (Å²) in [6, 6.07) is 11.3. The third kappa shape index (κ3) is 4.83. The van der Waals surface area contributed by atoms with Crippen LogP contribution >= 0.6 is 38.5 Å². The minimum absolute atomic E-state index is 0.0334.